The number of urea groups is 1. The Balaban J connectivity index is 1.30. The summed E-state index contributed by atoms with van der Waals surface area (Å²) < 4.78 is 11.4. The van der Waals surface area contributed by atoms with Gasteiger partial charge in [-0.05, 0) is 61.0 Å². The Morgan fingerprint density at radius 3 is 2.65 bits per heavy atom. The molecule has 0 aliphatic carbocycles. The highest BCUT2D eigenvalue weighted by molar-refractivity contribution is 5.99. The zero-order valence-electron chi connectivity index (χ0n) is 23.2. The van der Waals surface area contributed by atoms with Crippen molar-refractivity contribution in [2.75, 3.05) is 17.2 Å². The van der Waals surface area contributed by atoms with Crippen LogP contribution in [0.2, 0.25) is 0 Å². The number of rotatable bonds is 9. The highest BCUT2D eigenvalue weighted by Crippen LogP contribution is 2.28. The Hall–Kier alpha value is -4.50. The van der Waals surface area contributed by atoms with Crippen LogP contribution in [0.15, 0.2) is 75.9 Å². The van der Waals surface area contributed by atoms with Crippen LogP contribution in [-0.2, 0) is 18.4 Å². The van der Waals surface area contributed by atoms with Gasteiger partial charge in [0.1, 0.15) is 23.6 Å². The molecule has 9 nitrogen and oxygen atoms in total. The number of nitrogens with one attached hydrogen (secondary N) is 3. The van der Waals surface area contributed by atoms with Gasteiger partial charge in [-0.25, -0.2) is 14.8 Å². The normalized spacial score (nSPS) is 11.6. The summed E-state index contributed by atoms with van der Waals surface area (Å²) >= 11 is 0. The monoisotopic (exact) mass is 538 g/mol. The Labute approximate surface area is 233 Å². The molecule has 206 valence electrons. The van der Waals surface area contributed by atoms with Gasteiger partial charge in [0.05, 0.1) is 17.8 Å². The van der Waals surface area contributed by atoms with E-state index in [1.54, 1.807) is 12.4 Å². The fourth-order valence-electron chi connectivity index (χ4n) is 4.34. The molecule has 2 aromatic carbocycles. The van der Waals surface area contributed by atoms with Crippen molar-refractivity contribution < 1.29 is 13.7 Å². The maximum Gasteiger partial charge on any atom is 0.324 e. The minimum Gasteiger partial charge on any atom is -0.460 e. The van der Waals surface area contributed by atoms with Gasteiger partial charge in [-0.2, -0.15) is 0 Å². The lowest BCUT2D eigenvalue weighted by Gasteiger charge is -2.12. The first-order valence-corrected chi connectivity index (χ1v) is 13.5. The first-order chi connectivity index (χ1) is 19.3. The highest BCUT2D eigenvalue weighted by atomic mass is 16.5. The molecule has 0 bridgehead atoms. The van der Waals surface area contributed by atoms with E-state index in [2.05, 4.69) is 44.1 Å². The van der Waals surface area contributed by atoms with Crippen molar-refractivity contribution in [3.63, 3.8) is 0 Å². The number of furan rings is 1. The molecule has 9 heteroatoms. The van der Waals surface area contributed by atoms with Gasteiger partial charge in [0.15, 0.2) is 5.82 Å². The Morgan fingerprint density at radius 2 is 1.85 bits per heavy atom. The van der Waals surface area contributed by atoms with E-state index in [0.29, 0.717) is 30.2 Å². The largest absolute Gasteiger partial charge is 0.460 e. The number of carbonyl (C=O) groups excluding carboxylic acids is 1. The van der Waals surface area contributed by atoms with Crippen LogP contribution in [-0.4, -0.2) is 27.7 Å². The summed E-state index contributed by atoms with van der Waals surface area (Å²) in [6.07, 6.45) is 3.23. The van der Waals surface area contributed by atoms with Crippen molar-refractivity contribution in [3.05, 3.63) is 89.8 Å². The number of nitrogens with zero attached hydrogens (tertiary/aromatic N) is 3. The summed E-state index contributed by atoms with van der Waals surface area (Å²) in [4.78, 5) is 21.6. The molecule has 3 heterocycles. The summed E-state index contributed by atoms with van der Waals surface area (Å²) in [6.45, 7) is 9.85. The molecule has 5 rings (SSSR count). The van der Waals surface area contributed by atoms with Crippen LogP contribution >= 0.6 is 0 Å². The van der Waals surface area contributed by atoms with E-state index >= 15 is 0 Å². The van der Waals surface area contributed by atoms with E-state index in [-0.39, 0.29) is 5.41 Å². The maximum atomic E-state index is 12.6. The molecule has 0 fully saturated rings. The minimum atomic E-state index is -0.397. The van der Waals surface area contributed by atoms with E-state index in [1.165, 1.54) is 0 Å². The molecule has 0 radical (unpaired) electrons. The molecule has 3 N–H and O–H groups in total. The summed E-state index contributed by atoms with van der Waals surface area (Å²) in [5, 5.41) is 13.9. The smallest absolute Gasteiger partial charge is 0.324 e. The van der Waals surface area contributed by atoms with E-state index < -0.39 is 6.03 Å². The summed E-state index contributed by atoms with van der Waals surface area (Å²) in [7, 11) is 0. The van der Waals surface area contributed by atoms with E-state index in [9.17, 15) is 4.79 Å². The van der Waals surface area contributed by atoms with Gasteiger partial charge in [0, 0.05) is 34.5 Å². The standard InChI is InChI=1S/C31H34N6O3/c1-5-13-32-18-23-10-12-27(39-23)21-9-11-25-24(16-21)26(34-19-33-25)15-20-7-6-8-22(14-20)35-30(38)36-29-17-28(40-37-29)31(2,3)4/h6-12,14,16-17,19,32H,5,13,15,18H2,1-4H3,(H2,35,36,37,38). The zero-order chi connectivity index (χ0) is 28.1. The molecular formula is C31H34N6O3. The SMILES string of the molecule is CCCNCc1ccc(-c2ccc3ncnc(Cc4cccc(NC(=O)Nc5cc(C(C)(C)C)on5)c4)c3c2)o1. The molecule has 40 heavy (non-hydrogen) atoms. The lowest BCUT2D eigenvalue weighted by molar-refractivity contribution is 0.262. The number of carbonyl (C=O) groups is 1. The Bertz CT molecular complexity index is 1610. The second-order valence-corrected chi connectivity index (χ2v) is 10.8. The minimum absolute atomic E-state index is 0.198. The van der Waals surface area contributed by atoms with Crippen LogP contribution in [0.5, 0.6) is 0 Å². The van der Waals surface area contributed by atoms with Crippen LogP contribution in [0.25, 0.3) is 22.2 Å². The lowest BCUT2D eigenvalue weighted by Crippen LogP contribution is -2.19. The molecule has 3 aromatic heterocycles. The molecule has 0 aliphatic rings. The predicted molar refractivity (Wildman–Crippen MR) is 156 cm³/mol. The number of aromatic nitrogens is 3. The average molecular weight is 539 g/mol. The number of anilines is 2. The van der Waals surface area contributed by atoms with Crippen molar-refractivity contribution in [2.24, 2.45) is 0 Å². The molecule has 5 aromatic rings. The van der Waals surface area contributed by atoms with Crippen molar-refractivity contribution in [1.29, 1.82) is 0 Å². The lowest BCUT2D eigenvalue weighted by atomic mass is 9.93. The summed E-state index contributed by atoms with van der Waals surface area (Å²) in [5.74, 6) is 2.77. The Morgan fingerprint density at radius 1 is 0.975 bits per heavy atom. The van der Waals surface area contributed by atoms with E-state index in [4.69, 9.17) is 8.94 Å². The zero-order valence-corrected chi connectivity index (χ0v) is 23.2. The number of fused-ring (bicyclic) bond motifs is 1. The average Bonchev–Trinajstić information content (AvgIpc) is 3.59. The molecule has 0 saturated carbocycles. The van der Waals surface area contributed by atoms with Crippen LogP contribution in [0, 0.1) is 0 Å². The first-order valence-electron chi connectivity index (χ1n) is 13.5. The second-order valence-electron chi connectivity index (χ2n) is 10.8. The summed E-state index contributed by atoms with van der Waals surface area (Å²) in [5.41, 5.74) is 4.19. The summed E-state index contributed by atoms with van der Waals surface area (Å²) in [6, 6.07) is 19.1. The van der Waals surface area contributed by atoms with Gasteiger partial charge in [-0.15, -0.1) is 0 Å². The molecule has 0 atom stereocenters. The second kappa shape index (κ2) is 11.7. The third kappa shape index (κ3) is 6.55. The topological polar surface area (TPSA) is 118 Å². The van der Waals surface area contributed by atoms with Gasteiger partial charge in [0.25, 0.3) is 0 Å². The molecule has 0 spiro atoms. The molecule has 0 saturated heterocycles. The van der Waals surface area contributed by atoms with Gasteiger partial charge in [0.2, 0.25) is 0 Å². The van der Waals surface area contributed by atoms with Crippen molar-refractivity contribution in [1.82, 2.24) is 20.4 Å². The number of hydrogen-bond acceptors (Lipinski definition) is 7. The van der Waals surface area contributed by atoms with Crippen molar-refractivity contribution in [3.8, 4) is 11.3 Å². The van der Waals surface area contributed by atoms with Gasteiger partial charge >= 0.3 is 6.03 Å². The quantitative estimate of drug-likeness (QED) is 0.175. The molecule has 0 unspecified atom stereocenters. The molecule has 2 amide bonds. The van der Waals surface area contributed by atoms with Crippen molar-refractivity contribution in [2.45, 2.75) is 52.5 Å². The van der Waals surface area contributed by atoms with Crippen molar-refractivity contribution >= 4 is 28.4 Å². The van der Waals surface area contributed by atoms with Gasteiger partial charge in [-0.1, -0.05) is 45.0 Å². The fraction of sp³-hybridized carbons (Fsp3) is 0.290. The Kier molecular flexibility index (Phi) is 7.93. The van der Waals surface area contributed by atoms with Crippen LogP contribution in [0.1, 0.15) is 56.9 Å². The third-order valence-electron chi connectivity index (χ3n) is 6.44. The predicted octanol–water partition coefficient (Wildman–Crippen LogP) is 6.91. The van der Waals surface area contributed by atoms with Gasteiger partial charge < -0.3 is 19.6 Å². The van der Waals surface area contributed by atoms with Crippen LogP contribution in [0.4, 0.5) is 16.3 Å². The van der Waals surface area contributed by atoms with Crippen LogP contribution in [0.3, 0.4) is 0 Å². The number of benzene rings is 2. The van der Waals surface area contributed by atoms with E-state index in [1.807, 2.05) is 69.3 Å². The third-order valence-corrected chi connectivity index (χ3v) is 6.44. The fourth-order valence-corrected chi connectivity index (χ4v) is 4.34. The molecule has 0 aliphatic heterocycles. The number of hydrogen-bond donors (Lipinski definition) is 3. The van der Waals surface area contributed by atoms with Crippen LogP contribution < -0.4 is 16.0 Å². The number of amides is 2. The highest BCUT2D eigenvalue weighted by Gasteiger charge is 2.20. The maximum absolute atomic E-state index is 12.6. The molecular weight excluding hydrogens is 504 g/mol. The van der Waals surface area contributed by atoms with E-state index in [0.717, 1.165) is 52.2 Å². The van der Waals surface area contributed by atoms with Gasteiger partial charge in [-0.3, -0.25) is 5.32 Å². The first kappa shape index (κ1) is 27.1.